The highest BCUT2D eigenvalue weighted by molar-refractivity contribution is 7.98. The van der Waals surface area contributed by atoms with Crippen LogP contribution in [-0.4, -0.2) is 19.7 Å². The number of thioether (sulfide) groups is 1. The van der Waals surface area contributed by atoms with E-state index in [1.54, 1.807) is 17.8 Å². The molecule has 31 heavy (non-hydrogen) atoms. The van der Waals surface area contributed by atoms with Gasteiger partial charge in [0.25, 0.3) is 0 Å². The molecule has 0 radical (unpaired) electrons. The first-order valence-electron chi connectivity index (χ1n) is 10.3. The van der Waals surface area contributed by atoms with Gasteiger partial charge in [0, 0.05) is 29.4 Å². The van der Waals surface area contributed by atoms with E-state index in [1.165, 1.54) is 0 Å². The maximum absolute atomic E-state index is 12.6. The van der Waals surface area contributed by atoms with Crippen LogP contribution >= 0.6 is 11.8 Å². The summed E-state index contributed by atoms with van der Waals surface area (Å²) in [5.74, 6) is 2.21. The molecule has 2 aromatic carbocycles. The van der Waals surface area contributed by atoms with Gasteiger partial charge in [0.1, 0.15) is 12.4 Å². The third-order valence-corrected chi connectivity index (χ3v) is 6.43. The second-order valence-corrected chi connectivity index (χ2v) is 8.57. The van der Waals surface area contributed by atoms with Gasteiger partial charge in [0.05, 0.1) is 5.52 Å². The molecule has 0 saturated heterocycles. The minimum absolute atomic E-state index is 0.0386. The van der Waals surface area contributed by atoms with Crippen molar-refractivity contribution in [3.8, 4) is 5.75 Å². The first kappa shape index (κ1) is 21.2. The largest absolute Gasteiger partial charge is 0.486 e. The Morgan fingerprint density at radius 3 is 2.71 bits per heavy atom. The van der Waals surface area contributed by atoms with Crippen LogP contribution in [0.5, 0.6) is 5.75 Å². The van der Waals surface area contributed by atoms with Gasteiger partial charge in [-0.05, 0) is 62.6 Å². The lowest BCUT2D eigenvalue weighted by Crippen LogP contribution is -2.08. The van der Waals surface area contributed by atoms with Gasteiger partial charge in [-0.15, -0.1) is 10.2 Å². The second-order valence-electron chi connectivity index (χ2n) is 7.63. The van der Waals surface area contributed by atoms with E-state index >= 15 is 0 Å². The van der Waals surface area contributed by atoms with Crippen LogP contribution in [-0.2, 0) is 18.9 Å². The number of rotatable bonds is 7. The number of nitrogens with zero attached hydrogens (tertiary/aromatic N) is 3. The highest BCUT2D eigenvalue weighted by atomic mass is 32.2. The van der Waals surface area contributed by atoms with Crippen molar-refractivity contribution in [1.29, 1.82) is 0 Å². The van der Waals surface area contributed by atoms with Crippen LogP contribution < -0.4 is 10.2 Å². The third kappa shape index (κ3) is 4.51. The standard InChI is InChI=1S/C24H26N4O2S/c1-5-28-22(13-30-19-8-6-7-15(2)11-19)26-27-24(28)31-14-18-12-21(29)20-10-9-16(3)17(4)23(20)25-18/h6-12H,5,13-14H2,1-4H3,(H,25,29). The number of nitrogens with one attached hydrogen (secondary N) is 1. The molecule has 0 aliphatic rings. The van der Waals surface area contributed by atoms with E-state index in [4.69, 9.17) is 4.74 Å². The highest BCUT2D eigenvalue weighted by Crippen LogP contribution is 2.24. The summed E-state index contributed by atoms with van der Waals surface area (Å²) in [6.45, 7) is 9.30. The molecule has 0 spiro atoms. The zero-order valence-electron chi connectivity index (χ0n) is 18.2. The summed E-state index contributed by atoms with van der Waals surface area (Å²) in [6, 6.07) is 13.5. The normalized spacial score (nSPS) is 11.2. The van der Waals surface area contributed by atoms with Crippen molar-refractivity contribution >= 4 is 22.7 Å². The molecule has 0 atom stereocenters. The average Bonchev–Trinajstić information content (AvgIpc) is 3.15. The van der Waals surface area contributed by atoms with Gasteiger partial charge in [-0.1, -0.05) is 30.0 Å². The van der Waals surface area contributed by atoms with Crippen molar-refractivity contribution in [2.45, 2.75) is 51.8 Å². The number of hydrogen-bond acceptors (Lipinski definition) is 5. The Bertz CT molecular complexity index is 1290. The molecule has 0 aliphatic carbocycles. The number of pyridine rings is 1. The van der Waals surface area contributed by atoms with Crippen molar-refractivity contribution in [3.63, 3.8) is 0 Å². The quantitative estimate of drug-likeness (QED) is 0.417. The van der Waals surface area contributed by atoms with Crippen LogP contribution in [0, 0.1) is 20.8 Å². The van der Waals surface area contributed by atoms with Crippen LogP contribution in [0.2, 0.25) is 0 Å². The van der Waals surface area contributed by atoms with Gasteiger partial charge in [-0.3, -0.25) is 4.79 Å². The molecule has 2 aromatic heterocycles. The van der Waals surface area contributed by atoms with Crippen LogP contribution in [0.3, 0.4) is 0 Å². The van der Waals surface area contributed by atoms with Gasteiger partial charge in [-0.2, -0.15) is 0 Å². The van der Waals surface area contributed by atoms with E-state index in [0.29, 0.717) is 12.4 Å². The molecule has 6 nitrogen and oxygen atoms in total. The van der Waals surface area contributed by atoms with E-state index in [1.807, 2.05) is 50.2 Å². The SMILES string of the molecule is CCn1c(COc2cccc(C)c2)nnc1SCc1cc(=O)c2ccc(C)c(C)c2[nH]1. The van der Waals surface area contributed by atoms with Crippen LogP contribution in [0.25, 0.3) is 10.9 Å². The number of aromatic amines is 1. The van der Waals surface area contributed by atoms with Crippen molar-refractivity contribution in [2.24, 2.45) is 0 Å². The molecule has 2 heterocycles. The minimum atomic E-state index is 0.0386. The third-order valence-electron chi connectivity index (χ3n) is 5.42. The number of benzene rings is 2. The Morgan fingerprint density at radius 2 is 1.94 bits per heavy atom. The Hall–Kier alpha value is -3.06. The molecular formula is C24H26N4O2S. The summed E-state index contributed by atoms with van der Waals surface area (Å²) in [6.07, 6.45) is 0. The lowest BCUT2D eigenvalue weighted by molar-refractivity contribution is 0.288. The summed E-state index contributed by atoms with van der Waals surface area (Å²) in [5.41, 5.74) is 5.24. The van der Waals surface area contributed by atoms with Gasteiger partial charge in [0.15, 0.2) is 16.4 Å². The summed E-state index contributed by atoms with van der Waals surface area (Å²) < 4.78 is 7.95. The molecule has 0 fully saturated rings. The zero-order valence-corrected chi connectivity index (χ0v) is 19.0. The van der Waals surface area contributed by atoms with Crippen LogP contribution in [0.4, 0.5) is 0 Å². The Labute approximate surface area is 185 Å². The molecule has 4 rings (SSSR count). The van der Waals surface area contributed by atoms with Crippen molar-refractivity contribution in [2.75, 3.05) is 0 Å². The van der Waals surface area contributed by atoms with Gasteiger partial charge in [-0.25, -0.2) is 0 Å². The fraction of sp³-hybridized carbons (Fsp3) is 0.292. The van der Waals surface area contributed by atoms with Crippen molar-refractivity contribution in [3.05, 3.63) is 80.9 Å². The predicted octanol–water partition coefficient (Wildman–Crippen LogP) is 4.94. The molecule has 0 amide bonds. The lowest BCUT2D eigenvalue weighted by atomic mass is 10.0. The molecule has 4 aromatic rings. The topological polar surface area (TPSA) is 72.8 Å². The Kier molecular flexibility index (Phi) is 6.13. The molecule has 7 heteroatoms. The minimum Gasteiger partial charge on any atom is -0.486 e. The molecule has 0 unspecified atom stereocenters. The average molecular weight is 435 g/mol. The lowest BCUT2D eigenvalue weighted by Gasteiger charge is -2.10. The van der Waals surface area contributed by atoms with Gasteiger partial charge < -0.3 is 14.3 Å². The van der Waals surface area contributed by atoms with Gasteiger partial charge in [0.2, 0.25) is 0 Å². The Morgan fingerprint density at radius 1 is 1.10 bits per heavy atom. The number of hydrogen-bond donors (Lipinski definition) is 1. The maximum atomic E-state index is 12.6. The zero-order chi connectivity index (χ0) is 22.0. The first-order valence-corrected chi connectivity index (χ1v) is 11.3. The summed E-state index contributed by atoms with van der Waals surface area (Å²) in [4.78, 5) is 16.0. The second kappa shape index (κ2) is 8.98. The highest BCUT2D eigenvalue weighted by Gasteiger charge is 2.13. The molecule has 160 valence electrons. The molecule has 0 aliphatic heterocycles. The molecule has 0 saturated carbocycles. The van der Waals surface area contributed by atoms with E-state index in [9.17, 15) is 4.79 Å². The predicted molar refractivity (Wildman–Crippen MR) is 125 cm³/mol. The Balaban J connectivity index is 1.51. The number of aryl methyl sites for hydroxylation is 3. The van der Waals surface area contributed by atoms with E-state index in [-0.39, 0.29) is 5.43 Å². The van der Waals surface area contributed by atoms with E-state index in [2.05, 4.69) is 33.6 Å². The number of fused-ring (bicyclic) bond motifs is 1. The molecular weight excluding hydrogens is 408 g/mol. The monoisotopic (exact) mass is 434 g/mol. The number of ether oxygens (including phenoxy) is 1. The summed E-state index contributed by atoms with van der Waals surface area (Å²) in [7, 11) is 0. The summed E-state index contributed by atoms with van der Waals surface area (Å²) >= 11 is 1.56. The van der Waals surface area contributed by atoms with Crippen LogP contribution in [0.15, 0.2) is 52.4 Å². The number of H-pyrrole nitrogens is 1. The van der Waals surface area contributed by atoms with Crippen molar-refractivity contribution in [1.82, 2.24) is 19.7 Å². The fourth-order valence-corrected chi connectivity index (χ4v) is 4.47. The molecule has 1 N–H and O–H groups in total. The smallest absolute Gasteiger partial charge is 0.191 e. The number of aromatic nitrogens is 4. The first-order chi connectivity index (χ1) is 15.0. The van der Waals surface area contributed by atoms with E-state index < -0.39 is 0 Å². The van der Waals surface area contributed by atoms with Gasteiger partial charge >= 0.3 is 0 Å². The van der Waals surface area contributed by atoms with Crippen LogP contribution in [0.1, 0.15) is 35.1 Å². The van der Waals surface area contributed by atoms with Crippen molar-refractivity contribution < 1.29 is 4.74 Å². The van der Waals surface area contributed by atoms with E-state index in [0.717, 1.165) is 56.6 Å². The fourth-order valence-electron chi connectivity index (χ4n) is 3.54. The maximum Gasteiger partial charge on any atom is 0.191 e. The summed E-state index contributed by atoms with van der Waals surface area (Å²) in [5, 5.41) is 10.2. The molecule has 0 bridgehead atoms.